The molecule has 1 rings (SSSR count). The summed E-state index contributed by atoms with van der Waals surface area (Å²) in [5.74, 6) is -0.666. The number of rotatable bonds is 8. The van der Waals surface area contributed by atoms with E-state index in [9.17, 15) is 9.59 Å². The molecule has 0 amide bonds. The molecule has 118 valence electrons. The van der Waals surface area contributed by atoms with Gasteiger partial charge in [-0.1, -0.05) is 42.5 Å². The summed E-state index contributed by atoms with van der Waals surface area (Å²) in [5.41, 5.74) is 0.926. The SMILES string of the molecule is C=CCC(/C=C/CC(OC(C)=O)c1ccccc1)OC(C)=O. The van der Waals surface area contributed by atoms with Crippen LogP contribution in [0.3, 0.4) is 0 Å². The predicted octanol–water partition coefficient (Wildman–Crippen LogP) is 3.74. The third-order valence-electron chi connectivity index (χ3n) is 2.90. The minimum absolute atomic E-state index is 0.329. The van der Waals surface area contributed by atoms with Gasteiger partial charge in [0, 0.05) is 26.7 Å². The number of hydrogen-bond donors (Lipinski definition) is 0. The highest BCUT2D eigenvalue weighted by Crippen LogP contribution is 2.22. The molecule has 0 bridgehead atoms. The van der Waals surface area contributed by atoms with Gasteiger partial charge < -0.3 is 9.47 Å². The van der Waals surface area contributed by atoms with Crippen molar-refractivity contribution in [1.29, 1.82) is 0 Å². The molecule has 1 aromatic carbocycles. The van der Waals surface area contributed by atoms with Crippen molar-refractivity contribution < 1.29 is 19.1 Å². The molecule has 2 atom stereocenters. The van der Waals surface area contributed by atoms with E-state index in [-0.39, 0.29) is 24.1 Å². The second-order valence-electron chi connectivity index (χ2n) is 4.84. The van der Waals surface area contributed by atoms with E-state index < -0.39 is 0 Å². The third-order valence-corrected chi connectivity index (χ3v) is 2.90. The first kappa shape index (κ1) is 17.7. The van der Waals surface area contributed by atoms with Crippen LogP contribution >= 0.6 is 0 Å². The minimum atomic E-state index is -0.350. The van der Waals surface area contributed by atoms with E-state index >= 15 is 0 Å². The van der Waals surface area contributed by atoms with Gasteiger partial charge in [-0.25, -0.2) is 0 Å². The zero-order valence-electron chi connectivity index (χ0n) is 13.0. The van der Waals surface area contributed by atoms with Crippen LogP contribution < -0.4 is 0 Å². The van der Waals surface area contributed by atoms with Crippen LogP contribution in [0.1, 0.15) is 38.4 Å². The maximum absolute atomic E-state index is 11.2. The van der Waals surface area contributed by atoms with Crippen molar-refractivity contribution >= 4 is 11.9 Å². The Balaban J connectivity index is 2.72. The lowest BCUT2D eigenvalue weighted by atomic mass is 10.1. The van der Waals surface area contributed by atoms with E-state index in [1.165, 1.54) is 13.8 Å². The fourth-order valence-electron chi connectivity index (χ4n) is 2.02. The highest BCUT2D eigenvalue weighted by Gasteiger charge is 2.13. The second kappa shape index (κ2) is 9.55. The predicted molar refractivity (Wildman–Crippen MR) is 85.1 cm³/mol. The molecule has 4 nitrogen and oxygen atoms in total. The standard InChI is InChI=1S/C18H22O4/c1-4-9-17(21-14(2)19)12-8-13-18(22-15(3)20)16-10-6-5-7-11-16/h4-8,10-12,17-18H,1,9,13H2,2-3H3/b12-8+. The summed E-state index contributed by atoms with van der Waals surface area (Å²) in [6.07, 6.45) is 5.71. The van der Waals surface area contributed by atoms with Gasteiger partial charge >= 0.3 is 11.9 Å². The summed E-state index contributed by atoms with van der Waals surface area (Å²) in [5, 5.41) is 0. The molecule has 0 aliphatic rings. The lowest BCUT2D eigenvalue weighted by molar-refractivity contribution is -0.146. The largest absolute Gasteiger partial charge is 0.458 e. The maximum Gasteiger partial charge on any atom is 0.303 e. The lowest BCUT2D eigenvalue weighted by Gasteiger charge is -2.16. The molecule has 0 aliphatic carbocycles. The van der Waals surface area contributed by atoms with Gasteiger partial charge in [0.05, 0.1) is 0 Å². The average molecular weight is 302 g/mol. The van der Waals surface area contributed by atoms with Gasteiger partial charge in [0.2, 0.25) is 0 Å². The Morgan fingerprint density at radius 1 is 1.09 bits per heavy atom. The number of hydrogen-bond acceptors (Lipinski definition) is 4. The number of esters is 2. The highest BCUT2D eigenvalue weighted by molar-refractivity contribution is 5.66. The van der Waals surface area contributed by atoms with Crippen LogP contribution in [0.25, 0.3) is 0 Å². The Morgan fingerprint density at radius 3 is 2.27 bits per heavy atom. The Labute approximate surface area is 131 Å². The van der Waals surface area contributed by atoms with Gasteiger partial charge in [0.1, 0.15) is 12.2 Å². The maximum atomic E-state index is 11.2. The molecule has 2 unspecified atom stereocenters. The lowest BCUT2D eigenvalue weighted by Crippen LogP contribution is -2.13. The Hall–Kier alpha value is -2.36. The molecule has 0 aromatic heterocycles. The molecule has 0 heterocycles. The average Bonchev–Trinajstić information content (AvgIpc) is 2.46. The number of ether oxygens (including phenoxy) is 2. The first-order valence-electron chi connectivity index (χ1n) is 7.20. The fourth-order valence-corrected chi connectivity index (χ4v) is 2.02. The molecule has 0 saturated heterocycles. The normalized spacial score (nSPS) is 13.4. The first-order valence-corrected chi connectivity index (χ1v) is 7.20. The third kappa shape index (κ3) is 6.88. The quantitative estimate of drug-likeness (QED) is 0.542. The van der Waals surface area contributed by atoms with E-state index in [0.29, 0.717) is 12.8 Å². The summed E-state index contributed by atoms with van der Waals surface area (Å²) < 4.78 is 10.5. The molecule has 0 spiro atoms. The molecule has 0 N–H and O–H groups in total. The molecular formula is C18H22O4. The van der Waals surface area contributed by atoms with Crippen LogP contribution in [0.5, 0.6) is 0 Å². The zero-order chi connectivity index (χ0) is 16.4. The van der Waals surface area contributed by atoms with Crippen LogP contribution in [0.15, 0.2) is 55.1 Å². The molecule has 0 aliphatic heterocycles. The summed E-state index contributed by atoms with van der Waals surface area (Å²) in [7, 11) is 0. The Kier molecular flexibility index (Phi) is 7.68. The summed E-state index contributed by atoms with van der Waals surface area (Å²) in [6, 6.07) is 9.53. The number of carbonyl (C=O) groups excluding carboxylic acids is 2. The van der Waals surface area contributed by atoms with Crippen LogP contribution in [-0.2, 0) is 19.1 Å². The van der Waals surface area contributed by atoms with Gasteiger partial charge in [-0.2, -0.15) is 0 Å². The van der Waals surface area contributed by atoms with Crippen molar-refractivity contribution in [2.75, 3.05) is 0 Å². The summed E-state index contributed by atoms with van der Waals surface area (Å²) in [4.78, 5) is 22.3. The van der Waals surface area contributed by atoms with Gasteiger partial charge in [0.25, 0.3) is 0 Å². The van der Waals surface area contributed by atoms with Crippen LogP contribution in [-0.4, -0.2) is 18.0 Å². The van der Waals surface area contributed by atoms with Gasteiger partial charge in [-0.3, -0.25) is 9.59 Å². The van der Waals surface area contributed by atoms with Crippen molar-refractivity contribution in [3.8, 4) is 0 Å². The van der Waals surface area contributed by atoms with Crippen molar-refractivity contribution in [2.45, 2.75) is 38.9 Å². The van der Waals surface area contributed by atoms with Gasteiger partial charge in [-0.05, 0) is 11.6 Å². The van der Waals surface area contributed by atoms with Gasteiger partial charge in [-0.15, -0.1) is 6.58 Å². The van der Waals surface area contributed by atoms with E-state index in [1.807, 2.05) is 36.4 Å². The number of carbonyl (C=O) groups is 2. The van der Waals surface area contributed by atoms with E-state index in [0.717, 1.165) is 5.56 Å². The fraction of sp³-hybridized carbons (Fsp3) is 0.333. The Bertz CT molecular complexity index is 519. The molecule has 0 fully saturated rings. The smallest absolute Gasteiger partial charge is 0.303 e. The molecule has 1 aromatic rings. The van der Waals surface area contributed by atoms with Crippen molar-refractivity contribution in [3.05, 3.63) is 60.7 Å². The molecule has 0 radical (unpaired) electrons. The van der Waals surface area contributed by atoms with E-state index in [1.54, 1.807) is 12.2 Å². The zero-order valence-corrected chi connectivity index (χ0v) is 13.0. The van der Waals surface area contributed by atoms with E-state index in [4.69, 9.17) is 9.47 Å². The Morgan fingerprint density at radius 2 is 1.73 bits per heavy atom. The second-order valence-corrected chi connectivity index (χ2v) is 4.84. The molecule has 22 heavy (non-hydrogen) atoms. The van der Waals surface area contributed by atoms with Crippen LogP contribution in [0, 0.1) is 0 Å². The van der Waals surface area contributed by atoms with Gasteiger partial charge in [0.15, 0.2) is 0 Å². The molecule has 0 saturated carbocycles. The topological polar surface area (TPSA) is 52.6 Å². The van der Waals surface area contributed by atoms with Crippen molar-refractivity contribution in [2.24, 2.45) is 0 Å². The van der Waals surface area contributed by atoms with E-state index in [2.05, 4.69) is 6.58 Å². The van der Waals surface area contributed by atoms with Crippen LogP contribution in [0.4, 0.5) is 0 Å². The monoisotopic (exact) mass is 302 g/mol. The van der Waals surface area contributed by atoms with Crippen LogP contribution in [0.2, 0.25) is 0 Å². The number of benzene rings is 1. The molecule has 4 heteroatoms. The summed E-state index contributed by atoms with van der Waals surface area (Å²) in [6.45, 7) is 6.40. The highest BCUT2D eigenvalue weighted by atomic mass is 16.5. The molecular weight excluding hydrogens is 280 g/mol. The summed E-state index contributed by atoms with van der Waals surface area (Å²) >= 11 is 0. The minimum Gasteiger partial charge on any atom is -0.458 e. The van der Waals surface area contributed by atoms with Crippen molar-refractivity contribution in [1.82, 2.24) is 0 Å². The van der Waals surface area contributed by atoms with Crippen molar-refractivity contribution in [3.63, 3.8) is 0 Å². The first-order chi connectivity index (χ1) is 10.5.